The van der Waals surface area contributed by atoms with Gasteiger partial charge in [-0.25, -0.2) is 0 Å². The Morgan fingerprint density at radius 2 is 1.35 bits per heavy atom. The molecular formula is C19H29N. The molecule has 0 amide bonds. The molecule has 2 aliphatic rings. The van der Waals surface area contributed by atoms with Crippen molar-refractivity contribution in [2.45, 2.75) is 66.3 Å². The van der Waals surface area contributed by atoms with Gasteiger partial charge in [-0.05, 0) is 105 Å². The van der Waals surface area contributed by atoms with E-state index in [1.807, 2.05) is 0 Å². The highest BCUT2D eigenvalue weighted by molar-refractivity contribution is 5.50. The first kappa shape index (κ1) is 14.1. The molecule has 4 unspecified atom stereocenters. The van der Waals surface area contributed by atoms with E-state index in [-0.39, 0.29) is 6.04 Å². The molecule has 2 N–H and O–H groups in total. The Morgan fingerprint density at radius 3 is 1.80 bits per heavy atom. The monoisotopic (exact) mass is 271 g/mol. The minimum absolute atomic E-state index is 0.253. The Bertz CT molecular complexity index is 514. The fourth-order valence-electron chi connectivity index (χ4n) is 4.98. The predicted octanol–water partition coefficient (Wildman–Crippen LogP) is 4.66. The first-order valence-corrected chi connectivity index (χ1v) is 8.24. The summed E-state index contributed by atoms with van der Waals surface area (Å²) in [5.74, 6) is 2.60. The highest BCUT2D eigenvalue weighted by atomic mass is 14.7. The molecule has 0 spiro atoms. The lowest BCUT2D eigenvalue weighted by Crippen LogP contribution is -2.28. The van der Waals surface area contributed by atoms with Gasteiger partial charge >= 0.3 is 0 Å². The predicted molar refractivity (Wildman–Crippen MR) is 86.0 cm³/mol. The van der Waals surface area contributed by atoms with Crippen LogP contribution in [-0.2, 0) is 0 Å². The van der Waals surface area contributed by atoms with E-state index >= 15 is 0 Å². The Hall–Kier alpha value is -0.820. The van der Waals surface area contributed by atoms with Crippen LogP contribution in [0.2, 0.25) is 0 Å². The maximum absolute atomic E-state index is 6.78. The molecule has 20 heavy (non-hydrogen) atoms. The van der Waals surface area contributed by atoms with Crippen LogP contribution < -0.4 is 5.73 Å². The molecule has 0 saturated heterocycles. The van der Waals surface area contributed by atoms with Crippen LogP contribution in [0.3, 0.4) is 0 Å². The second kappa shape index (κ2) is 4.87. The minimum atomic E-state index is 0.253. The molecule has 1 aromatic rings. The van der Waals surface area contributed by atoms with Crippen LogP contribution in [0.4, 0.5) is 0 Å². The summed E-state index contributed by atoms with van der Waals surface area (Å²) in [6.07, 6.45) is 5.69. The second-order valence-corrected chi connectivity index (χ2v) is 7.40. The third-order valence-corrected chi connectivity index (χ3v) is 6.65. The molecule has 1 nitrogen and oxygen atoms in total. The van der Waals surface area contributed by atoms with Gasteiger partial charge in [0.15, 0.2) is 0 Å². The fourth-order valence-corrected chi connectivity index (χ4v) is 4.98. The van der Waals surface area contributed by atoms with Gasteiger partial charge in [0.25, 0.3) is 0 Å². The maximum Gasteiger partial charge on any atom is 0.0331 e. The van der Waals surface area contributed by atoms with Crippen molar-refractivity contribution in [2.75, 3.05) is 0 Å². The summed E-state index contributed by atoms with van der Waals surface area (Å²) >= 11 is 0. The van der Waals surface area contributed by atoms with Crippen molar-refractivity contribution in [2.24, 2.45) is 23.5 Å². The van der Waals surface area contributed by atoms with Gasteiger partial charge in [0.05, 0.1) is 0 Å². The van der Waals surface area contributed by atoms with E-state index < -0.39 is 0 Å². The van der Waals surface area contributed by atoms with Gasteiger partial charge in [0, 0.05) is 6.04 Å². The van der Waals surface area contributed by atoms with Crippen LogP contribution in [0.1, 0.15) is 65.1 Å². The summed E-state index contributed by atoms with van der Waals surface area (Å²) in [6.45, 7) is 11.3. The number of hydrogen-bond acceptors (Lipinski definition) is 1. The third kappa shape index (κ3) is 1.94. The average molecular weight is 271 g/mol. The lowest BCUT2D eigenvalue weighted by molar-refractivity contribution is 0.283. The molecule has 2 bridgehead atoms. The van der Waals surface area contributed by atoms with Crippen LogP contribution in [0.25, 0.3) is 0 Å². The molecule has 1 heteroatoms. The van der Waals surface area contributed by atoms with Crippen molar-refractivity contribution in [3.8, 4) is 0 Å². The second-order valence-electron chi connectivity index (χ2n) is 7.40. The lowest BCUT2D eigenvalue weighted by Gasteiger charge is -2.31. The maximum atomic E-state index is 6.78. The number of fused-ring (bicyclic) bond motifs is 2. The summed E-state index contributed by atoms with van der Waals surface area (Å²) in [4.78, 5) is 0. The first-order valence-electron chi connectivity index (χ1n) is 8.24. The summed E-state index contributed by atoms with van der Waals surface area (Å²) in [7, 11) is 0. The van der Waals surface area contributed by atoms with Crippen LogP contribution in [0, 0.1) is 52.4 Å². The highest BCUT2D eigenvalue weighted by Gasteiger charge is 2.43. The summed E-state index contributed by atoms with van der Waals surface area (Å²) in [5, 5.41) is 0. The van der Waals surface area contributed by atoms with Gasteiger partial charge < -0.3 is 5.73 Å². The van der Waals surface area contributed by atoms with Crippen LogP contribution in [0.5, 0.6) is 0 Å². The summed E-state index contributed by atoms with van der Waals surface area (Å²) in [5.41, 5.74) is 15.5. The zero-order valence-corrected chi connectivity index (χ0v) is 13.7. The lowest BCUT2D eigenvalue weighted by atomic mass is 9.76. The Balaban J connectivity index is 2.02. The van der Waals surface area contributed by atoms with E-state index in [9.17, 15) is 0 Å². The SMILES string of the molecule is Cc1c(C)c(C)c(C(N)C2CC3CCC2C3)c(C)c1C. The van der Waals surface area contributed by atoms with Crippen LogP contribution >= 0.6 is 0 Å². The minimum Gasteiger partial charge on any atom is -0.324 e. The average Bonchev–Trinajstić information content (AvgIpc) is 3.05. The number of hydrogen-bond donors (Lipinski definition) is 1. The molecule has 0 heterocycles. The number of rotatable bonds is 2. The molecule has 110 valence electrons. The normalized spacial score (nSPS) is 30.0. The molecule has 4 atom stereocenters. The van der Waals surface area contributed by atoms with Gasteiger partial charge in [-0.1, -0.05) is 6.42 Å². The molecule has 2 aliphatic carbocycles. The largest absolute Gasteiger partial charge is 0.324 e. The third-order valence-electron chi connectivity index (χ3n) is 6.65. The van der Waals surface area contributed by atoms with E-state index in [4.69, 9.17) is 5.73 Å². The van der Waals surface area contributed by atoms with Crippen molar-refractivity contribution in [3.05, 3.63) is 33.4 Å². The molecule has 3 rings (SSSR count). The summed E-state index contributed by atoms with van der Waals surface area (Å²) < 4.78 is 0. The summed E-state index contributed by atoms with van der Waals surface area (Å²) in [6, 6.07) is 0.253. The van der Waals surface area contributed by atoms with Gasteiger partial charge in [0.2, 0.25) is 0 Å². The van der Waals surface area contributed by atoms with Crippen LogP contribution in [0.15, 0.2) is 0 Å². The van der Waals surface area contributed by atoms with Gasteiger partial charge in [0.1, 0.15) is 0 Å². The van der Waals surface area contributed by atoms with Gasteiger partial charge in [-0.15, -0.1) is 0 Å². The fraction of sp³-hybridized carbons (Fsp3) is 0.684. The van der Waals surface area contributed by atoms with Crippen LogP contribution in [-0.4, -0.2) is 0 Å². The standard InChI is InChI=1S/C19H29N/c1-10-11(2)13(4)18(14(5)12(10)3)19(20)17-9-15-6-7-16(17)8-15/h15-17,19H,6-9,20H2,1-5H3. The van der Waals surface area contributed by atoms with Gasteiger partial charge in [-0.2, -0.15) is 0 Å². The Kier molecular flexibility index (Phi) is 3.44. The number of nitrogens with two attached hydrogens (primary N) is 1. The quantitative estimate of drug-likeness (QED) is 0.831. The first-order chi connectivity index (χ1) is 9.41. The molecule has 2 fully saturated rings. The topological polar surface area (TPSA) is 26.0 Å². The van der Waals surface area contributed by atoms with Crippen molar-refractivity contribution in [1.29, 1.82) is 0 Å². The zero-order chi connectivity index (χ0) is 14.6. The molecule has 0 aliphatic heterocycles. The van der Waals surface area contributed by atoms with Crippen molar-refractivity contribution in [3.63, 3.8) is 0 Å². The molecule has 0 aromatic heterocycles. The Morgan fingerprint density at radius 1 is 0.800 bits per heavy atom. The molecule has 0 radical (unpaired) electrons. The smallest absolute Gasteiger partial charge is 0.0331 e. The van der Waals surface area contributed by atoms with Crippen molar-refractivity contribution >= 4 is 0 Å². The van der Waals surface area contributed by atoms with E-state index in [1.165, 1.54) is 59.1 Å². The van der Waals surface area contributed by atoms with E-state index in [0.29, 0.717) is 0 Å². The van der Waals surface area contributed by atoms with E-state index in [0.717, 1.165) is 17.8 Å². The van der Waals surface area contributed by atoms with Gasteiger partial charge in [-0.3, -0.25) is 0 Å². The van der Waals surface area contributed by atoms with E-state index in [1.54, 1.807) is 0 Å². The highest BCUT2D eigenvalue weighted by Crippen LogP contribution is 2.52. The van der Waals surface area contributed by atoms with Crippen molar-refractivity contribution in [1.82, 2.24) is 0 Å². The number of benzene rings is 1. The molecule has 2 saturated carbocycles. The van der Waals surface area contributed by atoms with E-state index in [2.05, 4.69) is 34.6 Å². The Labute approximate surface area is 124 Å². The zero-order valence-electron chi connectivity index (χ0n) is 13.7. The van der Waals surface area contributed by atoms with Crippen molar-refractivity contribution < 1.29 is 0 Å². The molecular weight excluding hydrogens is 242 g/mol. The molecule has 1 aromatic carbocycles.